The average Bonchev–Trinajstić information content (AvgIpc) is 2.53. The molecule has 3 rings (SSSR count). The van der Waals surface area contributed by atoms with Gasteiger partial charge in [-0.15, -0.1) is 0 Å². The summed E-state index contributed by atoms with van der Waals surface area (Å²) in [6.45, 7) is 3.00. The van der Waals surface area contributed by atoms with Crippen molar-refractivity contribution in [2.24, 2.45) is 23.7 Å². The van der Waals surface area contributed by atoms with Gasteiger partial charge >= 0.3 is 0 Å². The molecule has 2 aliphatic carbocycles. The van der Waals surface area contributed by atoms with E-state index in [1.54, 1.807) is 0 Å². The molecule has 134 valence electrons. The maximum absolute atomic E-state index is 14.7. The molecule has 2 saturated carbocycles. The highest BCUT2D eigenvalue weighted by Crippen LogP contribution is 2.40. The molecule has 1 heterocycles. The summed E-state index contributed by atoms with van der Waals surface area (Å²) in [5.74, 6) is 1.24. The van der Waals surface area contributed by atoms with Crippen LogP contribution < -0.4 is 5.32 Å². The molecule has 1 nitrogen and oxygen atoms in total. The van der Waals surface area contributed by atoms with Crippen molar-refractivity contribution in [3.63, 3.8) is 0 Å². The van der Waals surface area contributed by atoms with Crippen LogP contribution in [0.2, 0.25) is 0 Å². The van der Waals surface area contributed by atoms with Crippen LogP contribution in [0.25, 0.3) is 0 Å². The first-order valence-corrected chi connectivity index (χ1v) is 9.25. The summed E-state index contributed by atoms with van der Waals surface area (Å²) in [4.78, 5) is 0. The Bertz CT molecular complexity index is 373. The van der Waals surface area contributed by atoms with Crippen molar-refractivity contribution in [3.05, 3.63) is 0 Å². The van der Waals surface area contributed by atoms with Crippen molar-refractivity contribution in [1.82, 2.24) is 5.32 Å². The molecule has 1 N–H and O–H groups in total. The molecule has 0 spiro atoms. The van der Waals surface area contributed by atoms with Crippen LogP contribution in [0.5, 0.6) is 0 Å². The van der Waals surface area contributed by atoms with E-state index in [0.717, 1.165) is 25.3 Å². The molecule has 0 bridgehead atoms. The molecule has 5 heteroatoms. The molecule has 0 aromatic rings. The topological polar surface area (TPSA) is 12.0 Å². The van der Waals surface area contributed by atoms with Crippen LogP contribution in [0.15, 0.2) is 0 Å². The zero-order valence-corrected chi connectivity index (χ0v) is 13.9. The fourth-order valence-electron chi connectivity index (χ4n) is 4.97. The second kappa shape index (κ2) is 7.28. The lowest BCUT2D eigenvalue weighted by Gasteiger charge is -2.43. The maximum atomic E-state index is 14.7. The maximum Gasteiger partial charge on any atom is 0.162 e. The van der Waals surface area contributed by atoms with Crippen LogP contribution >= 0.6 is 0 Å². The van der Waals surface area contributed by atoms with E-state index >= 15 is 0 Å². The van der Waals surface area contributed by atoms with Crippen LogP contribution in [-0.4, -0.2) is 37.3 Å². The van der Waals surface area contributed by atoms with E-state index in [2.05, 4.69) is 12.2 Å². The van der Waals surface area contributed by atoms with Crippen molar-refractivity contribution in [2.45, 2.75) is 82.6 Å². The highest BCUT2D eigenvalue weighted by molar-refractivity contribution is 4.98. The molecule has 3 fully saturated rings. The molecule has 0 amide bonds. The standard InChI is InChI=1S/C18H29F4N/c1-10-2-4-11(5-3-10)13-8-16(21)18(23-9-13)12-6-14(19)17(22)15(20)7-12/h10-18,23H,2-9H2,1H3. The SMILES string of the molecule is CC1CCC(C2CNC(C3CC(F)C(F)C(F)C3)C(F)C2)CC1. The summed E-state index contributed by atoms with van der Waals surface area (Å²) in [6, 6.07) is -0.516. The third kappa shape index (κ3) is 3.85. The van der Waals surface area contributed by atoms with Gasteiger partial charge in [0.05, 0.1) is 0 Å². The Hall–Kier alpha value is -0.320. The molecule has 0 radical (unpaired) electrons. The molecule has 0 aromatic heterocycles. The number of nitrogens with one attached hydrogen (secondary N) is 1. The van der Waals surface area contributed by atoms with Crippen molar-refractivity contribution in [3.8, 4) is 0 Å². The van der Waals surface area contributed by atoms with Gasteiger partial charge in [0, 0.05) is 6.04 Å². The van der Waals surface area contributed by atoms with Crippen molar-refractivity contribution in [2.75, 3.05) is 6.54 Å². The summed E-state index contributed by atoms with van der Waals surface area (Å²) < 4.78 is 55.1. The van der Waals surface area contributed by atoms with E-state index < -0.39 is 36.6 Å². The number of hydrogen-bond acceptors (Lipinski definition) is 1. The summed E-state index contributed by atoms with van der Waals surface area (Å²) in [7, 11) is 0. The van der Waals surface area contributed by atoms with Gasteiger partial charge in [-0.2, -0.15) is 0 Å². The van der Waals surface area contributed by atoms with E-state index in [1.807, 2.05) is 0 Å². The van der Waals surface area contributed by atoms with Gasteiger partial charge in [-0.25, -0.2) is 17.6 Å². The molecule has 5 unspecified atom stereocenters. The predicted octanol–water partition coefficient (Wildman–Crippen LogP) is 4.55. The second-order valence-electron chi connectivity index (χ2n) is 8.17. The summed E-state index contributed by atoms with van der Waals surface area (Å²) in [5.41, 5.74) is 0. The molecule has 5 atom stereocenters. The highest BCUT2D eigenvalue weighted by atomic mass is 19.2. The Morgan fingerprint density at radius 2 is 1.26 bits per heavy atom. The third-order valence-corrected chi connectivity index (χ3v) is 6.52. The minimum Gasteiger partial charge on any atom is -0.311 e. The van der Waals surface area contributed by atoms with Crippen LogP contribution in [0.1, 0.15) is 51.9 Å². The van der Waals surface area contributed by atoms with Crippen LogP contribution in [-0.2, 0) is 0 Å². The highest BCUT2D eigenvalue weighted by Gasteiger charge is 2.45. The Morgan fingerprint density at radius 1 is 0.696 bits per heavy atom. The Balaban J connectivity index is 1.54. The van der Waals surface area contributed by atoms with Crippen molar-refractivity contribution < 1.29 is 17.6 Å². The smallest absolute Gasteiger partial charge is 0.162 e. The number of rotatable bonds is 2. The fourth-order valence-corrected chi connectivity index (χ4v) is 4.97. The lowest BCUT2D eigenvalue weighted by molar-refractivity contribution is -0.0125. The van der Waals surface area contributed by atoms with E-state index in [1.165, 1.54) is 12.8 Å². The Kier molecular flexibility index (Phi) is 5.54. The minimum atomic E-state index is -2.04. The van der Waals surface area contributed by atoms with Crippen molar-refractivity contribution in [1.29, 1.82) is 0 Å². The molecule has 23 heavy (non-hydrogen) atoms. The first kappa shape index (κ1) is 17.5. The van der Waals surface area contributed by atoms with Gasteiger partial charge in [0.1, 0.15) is 18.5 Å². The molecule has 3 aliphatic rings. The van der Waals surface area contributed by atoms with Crippen LogP contribution in [0, 0.1) is 23.7 Å². The summed E-state index contributed by atoms with van der Waals surface area (Å²) in [6.07, 6.45) is -1.58. The van der Waals surface area contributed by atoms with E-state index in [9.17, 15) is 17.6 Å². The van der Waals surface area contributed by atoms with Crippen LogP contribution in [0.3, 0.4) is 0 Å². The largest absolute Gasteiger partial charge is 0.311 e. The normalized spacial score (nSPS) is 52.3. The summed E-state index contributed by atoms with van der Waals surface area (Å²) >= 11 is 0. The monoisotopic (exact) mass is 335 g/mol. The van der Waals surface area contributed by atoms with E-state index in [4.69, 9.17) is 0 Å². The number of piperidine rings is 1. The second-order valence-corrected chi connectivity index (χ2v) is 8.17. The Morgan fingerprint density at radius 3 is 1.83 bits per heavy atom. The number of hydrogen-bond donors (Lipinski definition) is 1. The van der Waals surface area contributed by atoms with Gasteiger partial charge in [0.2, 0.25) is 0 Å². The van der Waals surface area contributed by atoms with Gasteiger partial charge in [0.15, 0.2) is 6.17 Å². The average molecular weight is 335 g/mol. The first-order valence-electron chi connectivity index (χ1n) is 9.25. The van der Waals surface area contributed by atoms with E-state index in [0.29, 0.717) is 18.3 Å². The Labute approximate surface area is 136 Å². The quantitative estimate of drug-likeness (QED) is 0.730. The number of alkyl halides is 4. The van der Waals surface area contributed by atoms with Gasteiger partial charge in [-0.05, 0) is 62.3 Å². The molecule has 0 aromatic carbocycles. The predicted molar refractivity (Wildman–Crippen MR) is 83.3 cm³/mol. The van der Waals surface area contributed by atoms with E-state index in [-0.39, 0.29) is 12.8 Å². The van der Waals surface area contributed by atoms with Gasteiger partial charge in [-0.3, -0.25) is 0 Å². The number of halogens is 4. The first-order chi connectivity index (χ1) is 11.0. The molecular weight excluding hydrogens is 306 g/mol. The third-order valence-electron chi connectivity index (χ3n) is 6.52. The zero-order valence-electron chi connectivity index (χ0n) is 13.9. The molecule has 1 aliphatic heterocycles. The fraction of sp³-hybridized carbons (Fsp3) is 1.00. The lowest BCUT2D eigenvalue weighted by Crippen LogP contribution is -2.55. The summed E-state index contributed by atoms with van der Waals surface area (Å²) in [5, 5.41) is 3.22. The van der Waals surface area contributed by atoms with Crippen molar-refractivity contribution >= 4 is 0 Å². The van der Waals surface area contributed by atoms with Gasteiger partial charge in [-0.1, -0.05) is 19.8 Å². The lowest BCUT2D eigenvalue weighted by atomic mass is 9.70. The molecular formula is C18H29F4N. The molecule has 1 saturated heterocycles. The van der Waals surface area contributed by atoms with Gasteiger partial charge in [0.25, 0.3) is 0 Å². The van der Waals surface area contributed by atoms with Gasteiger partial charge < -0.3 is 5.32 Å². The zero-order chi connectivity index (χ0) is 16.6. The van der Waals surface area contributed by atoms with Crippen LogP contribution in [0.4, 0.5) is 17.6 Å². The minimum absolute atomic E-state index is 0.0642.